The third-order valence-electron chi connectivity index (χ3n) is 3.51. The molecule has 2 nitrogen and oxygen atoms in total. The lowest BCUT2D eigenvalue weighted by molar-refractivity contribution is 0.268. The van der Waals surface area contributed by atoms with Crippen molar-refractivity contribution in [3.63, 3.8) is 0 Å². The van der Waals surface area contributed by atoms with Crippen LogP contribution in [0, 0.1) is 5.92 Å². The highest BCUT2D eigenvalue weighted by Gasteiger charge is 2.31. The molecule has 3 rings (SSSR count). The van der Waals surface area contributed by atoms with Crippen LogP contribution in [0.3, 0.4) is 0 Å². The van der Waals surface area contributed by atoms with E-state index in [2.05, 4.69) is 13.0 Å². The van der Waals surface area contributed by atoms with Crippen molar-refractivity contribution in [1.29, 1.82) is 0 Å². The van der Waals surface area contributed by atoms with Crippen LogP contribution in [-0.4, -0.2) is 3.91 Å². The molecule has 0 bridgehead atoms. The smallest absolute Gasteiger partial charge is 0.274 e. The van der Waals surface area contributed by atoms with Gasteiger partial charge in [-0.15, -0.1) is 0 Å². The molecule has 94 valence electrons. The van der Waals surface area contributed by atoms with E-state index < -0.39 is 0 Å². The summed E-state index contributed by atoms with van der Waals surface area (Å²) in [5.74, 6) is 0.729. The molecule has 0 saturated carbocycles. The average molecular weight is 371 g/mol. The zero-order valence-corrected chi connectivity index (χ0v) is 13.1. The van der Waals surface area contributed by atoms with E-state index in [0.29, 0.717) is 0 Å². The maximum absolute atomic E-state index is 12.0. The largest absolute Gasteiger partial charge is 0.291 e. The normalized spacial score (nSPS) is 22.6. The van der Waals surface area contributed by atoms with E-state index in [4.69, 9.17) is 0 Å². The summed E-state index contributed by atoms with van der Waals surface area (Å²) in [6, 6.07) is 8.19. The lowest BCUT2D eigenvalue weighted by atomic mass is 9.93. The summed E-state index contributed by atoms with van der Waals surface area (Å²) in [4.78, 5) is 16.5. The number of nitrogens with zero attached hydrogens (tertiary/aromatic N) is 1. The van der Waals surface area contributed by atoms with Crippen molar-refractivity contribution in [3.05, 3.63) is 34.9 Å². The molecule has 0 N–H and O–H groups in total. The first-order chi connectivity index (χ1) is 8.66. The van der Waals surface area contributed by atoms with Gasteiger partial charge in [0.15, 0.2) is 0 Å². The van der Waals surface area contributed by atoms with E-state index in [1.165, 1.54) is 21.9 Å². The second-order valence-electron chi connectivity index (χ2n) is 4.88. The van der Waals surface area contributed by atoms with Gasteiger partial charge in [-0.3, -0.25) is 9.69 Å². The molecule has 1 unspecified atom stereocenters. The van der Waals surface area contributed by atoms with Crippen molar-refractivity contribution in [3.8, 4) is 0 Å². The lowest BCUT2D eigenvalue weighted by Crippen LogP contribution is -2.30. The molecule has 1 aromatic carbocycles. The van der Waals surface area contributed by atoms with Gasteiger partial charge in [0.05, 0.1) is 5.69 Å². The summed E-state index contributed by atoms with van der Waals surface area (Å²) < 4.78 is 0.0994. The van der Waals surface area contributed by atoms with Crippen molar-refractivity contribution in [2.45, 2.75) is 31.1 Å². The maximum atomic E-state index is 12.0. The Hall–Kier alpha value is -0.490. The van der Waals surface area contributed by atoms with E-state index in [9.17, 15) is 4.79 Å². The molecule has 0 aromatic heterocycles. The van der Waals surface area contributed by atoms with Gasteiger partial charge in [0, 0.05) is 38.1 Å². The third kappa shape index (κ3) is 2.09. The molecule has 1 amide bonds. The van der Waals surface area contributed by atoms with Crippen molar-refractivity contribution in [2.75, 3.05) is 4.90 Å². The van der Waals surface area contributed by atoms with E-state index >= 15 is 0 Å². The number of carbonyl (C=O) groups is 1. The molecular weight excluding hydrogens is 357 g/mol. The van der Waals surface area contributed by atoms with E-state index in [-0.39, 0.29) is 3.91 Å². The fourth-order valence-corrected chi connectivity index (χ4v) is 4.51. The Bertz CT molecular complexity index is 540. The lowest BCUT2D eigenvalue weighted by Gasteiger charge is -2.36. The summed E-state index contributed by atoms with van der Waals surface area (Å²) in [6.45, 7) is 2.29. The highest BCUT2D eigenvalue weighted by molar-refractivity contribution is 14.1. The molecule has 0 radical (unpaired) electrons. The first kappa shape index (κ1) is 12.5. The highest BCUT2D eigenvalue weighted by atomic mass is 127. The quantitative estimate of drug-likeness (QED) is 0.356. The molecule has 1 aliphatic heterocycles. The first-order valence-electron chi connectivity index (χ1n) is 6.15. The number of halogens is 1. The van der Waals surface area contributed by atoms with Gasteiger partial charge in [0.25, 0.3) is 3.91 Å². The van der Waals surface area contributed by atoms with Crippen molar-refractivity contribution in [1.82, 2.24) is 0 Å². The number of fused-ring (bicyclic) bond motifs is 1. The van der Waals surface area contributed by atoms with Gasteiger partial charge < -0.3 is 0 Å². The zero-order chi connectivity index (χ0) is 12.7. The fourth-order valence-electron chi connectivity index (χ4n) is 2.60. The number of para-hydroxylation sites is 1. The molecule has 1 atom stereocenters. The molecule has 4 heteroatoms. The molecule has 1 heterocycles. The average Bonchev–Trinajstić information content (AvgIpc) is 2.35. The van der Waals surface area contributed by atoms with Gasteiger partial charge >= 0.3 is 0 Å². The van der Waals surface area contributed by atoms with E-state index in [1.807, 2.05) is 57.5 Å². The topological polar surface area (TPSA) is 20.3 Å². The number of hydrogen-bond donors (Lipinski definition) is 0. The summed E-state index contributed by atoms with van der Waals surface area (Å²) in [6.07, 6.45) is 3.31. The minimum Gasteiger partial charge on any atom is -0.274 e. The predicted octanol–water partition coefficient (Wildman–Crippen LogP) is 5.19. The first-order valence-corrected chi connectivity index (χ1v) is 8.05. The molecular formula is C14H14INOS. The number of thioether (sulfide) groups is 1. The van der Waals surface area contributed by atoms with Crippen molar-refractivity contribution >= 4 is 44.0 Å². The van der Waals surface area contributed by atoms with Crippen molar-refractivity contribution in [2.24, 2.45) is 5.92 Å². The van der Waals surface area contributed by atoms with E-state index in [0.717, 1.165) is 24.4 Å². The van der Waals surface area contributed by atoms with E-state index in [1.54, 1.807) is 0 Å². The summed E-state index contributed by atoms with van der Waals surface area (Å²) >= 11 is 3.74. The third-order valence-corrected chi connectivity index (χ3v) is 5.21. The Labute approximate surface area is 125 Å². The SMILES string of the molecule is CC1CCC2=C(C1)Sc1ccccc1N2C(=O)I. The molecule has 0 saturated heterocycles. The van der Waals surface area contributed by atoms with Crippen LogP contribution in [-0.2, 0) is 0 Å². The highest BCUT2D eigenvalue weighted by Crippen LogP contribution is 2.49. The number of benzene rings is 1. The van der Waals surface area contributed by atoms with Gasteiger partial charge in [0.1, 0.15) is 0 Å². The minimum absolute atomic E-state index is 0.0994. The second kappa shape index (κ2) is 4.89. The van der Waals surface area contributed by atoms with Gasteiger partial charge in [-0.25, -0.2) is 0 Å². The van der Waals surface area contributed by atoms with Gasteiger partial charge in [-0.2, -0.15) is 0 Å². The van der Waals surface area contributed by atoms with Crippen LogP contribution in [0.2, 0.25) is 0 Å². The molecule has 0 spiro atoms. The van der Waals surface area contributed by atoms with Crippen LogP contribution in [0.5, 0.6) is 0 Å². The Morgan fingerprint density at radius 2 is 2.22 bits per heavy atom. The minimum atomic E-state index is 0.0994. The van der Waals surface area contributed by atoms with Crippen molar-refractivity contribution < 1.29 is 4.79 Å². The maximum Gasteiger partial charge on any atom is 0.291 e. The predicted molar refractivity (Wildman–Crippen MR) is 84.2 cm³/mol. The molecule has 1 aliphatic carbocycles. The zero-order valence-electron chi connectivity index (χ0n) is 10.1. The fraction of sp³-hybridized carbons (Fsp3) is 0.357. The number of carbonyl (C=O) groups excluding carboxylic acids is 1. The number of anilines is 1. The Kier molecular flexibility index (Phi) is 3.40. The standard InChI is InChI=1S/C14H14INOS/c1-9-6-7-11-13(8-9)18-12-5-3-2-4-10(12)16(11)14(15)17/h2-5,9H,6-8H2,1H3. The number of amides is 1. The molecule has 1 aromatic rings. The van der Waals surface area contributed by atoms with Crippen LogP contribution in [0.25, 0.3) is 0 Å². The number of hydrogen-bond acceptors (Lipinski definition) is 2. The summed E-state index contributed by atoms with van der Waals surface area (Å²) in [7, 11) is 0. The van der Waals surface area contributed by atoms with Crippen LogP contribution in [0.15, 0.2) is 39.8 Å². The second-order valence-corrected chi connectivity index (χ2v) is 6.94. The number of rotatable bonds is 0. The van der Waals surface area contributed by atoms with Crippen LogP contribution in [0.1, 0.15) is 26.2 Å². The Balaban J connectivity index is 2.10. The summed E-state index contributed by atoms with van der Waals surface area (Å²) in [5.41, 5.74) is 2.28. The molecule has 0 fully saturated rings. The van der Waals surface area contributed by atoms with Crippen LogP contribution >= 0.6 is 34.4 Å². The monoisotopic (exact) mass is 371 g/mol. The van der Waals surface area contributed by atoms with Gasteiger partial charge in [-0.05, 0) is 37.3 Å². The Morgan fingerprint density at radius 3 is 3.00 bits per heavy atom. The number of allylic oxidation sites excluding steroid dienone is 2. The molecule has 2 aliphatic rings. The Morgan fingerprint density at radius 1 is 1.44 bits per heavy atom. The van der Waals surface area contributed by atoms with Crippen LogP contribution in [0.4, 0.5) is 10.5 Å². The summed E-state index contributed by atoms with van der Waals surface area (Å²) in [5, 5.41) is 0. The van der Waals surface area contributed by atoms with Gasteiger partial charge in [0.2, 0.25) is 0 Å². The molecule has 18 heavy (non-hydrogen) atoms. The van der Waals surface area contributed by atoms with Gasteiger partial charge in [-0.1, -0.05) is 30.8 Å². The van der Waals surface area contributed by atoms with Crippen LogP contribution < -0.4 is 4.90 Å².